The highest BCUT2D eigenvalue weighted by Gasteiger charge is 2.10. The normalized spacial score (nSPS) is 9.84. The van der Waals surface area contributed by atoms with Gasteiger partial charge in [-0.05, 0) is 40.5 Å². The number of amides is 1. The molecule has 0 radical (unpaired) electrons. The minimum atomic E-state index is -0.371. The van der Waals surface area contributed by atoms with Crippen LogP contribution in [0.15, 0.2) is 22.7 Å². The van der Waals surface area contributed by atoms with Crippen molar-refractivity contribution >= 4 is 33.5 Å². The zero-order valence-corrected chi connectivity index (χ0v) is 12.5. The lowest BCUT2D eigenvalue weighted by molar-refractivity contribution is -0.118. The van der Waals surface area contributed by atoms with Crippen LogP contribution in [0.25, 0.3) is 0 Å². The molecule has 0 aromatic heterocycles. The van der Waals surface area contributed by atoms with Gasteiger partial charge in [0, 0.05) is 30.2 Å². The molecule has 0 heterocycles. The average Bonchev–Trinajstić information content (AvgIpc) is 2.37. The Balaban J connectivity index is 2.45. The molecule has 0 bridgehead atoms. The minimum absolute atomic E-state index is 0.0230. The lowest BCUT2D eigenvalue weighted by Gasteiger charge is -2.09. The zero-order chi connectivity index (χ0) is 14.3. The summed E-state index contributed by atoms with van der Waals surface area (Å²) in [4.78, 5) is 22.1. The monoisotopic (exact) mass is 328 g/mol. The van der Waals surface area contributed by atoms with Crippen molar-refractivity contribution < 1.29 is 14.3 Å². The molecule has 0 aliphatic rings. The first-order chi connectivity index (χ1) is 9.04. The van der Waals surface area contributed by atoms with E-state index in [0.717, 1.165) is 18.7 Å². The van der Waals surface area contributed by atoms with Crippen LogP contribution >= 0.6 is 15.9 Å². The topological polar surface area (TPSA) is 67.4 Å². The Morgan fingerprint density at radius 3 is 2.63 bits per heavy atom. The van der Waals surface area contributed by atoms with E-state index in [1.807, 2.05) is 12.1 Å². The number of hydrogen-bond donors (Lipinski definition) is 2. The van der Waals surface area contributed by atoms with Gasteiger partial charge in [-0.1, -0.05) is 0 Å². The average molecular weight is 329 g/mol. The summed E-state index contributed by atoms with van der Waals surface area (Å²) in [6.45, 7) is 2.88. The number of rotatable bonds is 6. The molecule has 104 valence electrons. The predicted molar refractivity (Wildman–Crippen MR) is 77.3 cm³/mol. The van der Waals surface area contributed by atoms with Crippen molar-refractivity contribution in [1.29, 1.82) is 0 Å². The molecule has 1 rings (SSSR count). The number of carbonyl (C=O) groups excluding carboxylic acids is 2. The van der Waals surface area contributed by atoms with Crippen molar-refractivity contribution in [3.63, 3.8) is 0 Å². The number of nitrogens with one attached hydrogen (secondary N) is 2. The Labute approximate surface area is 120 Å². The first-order valence-corrected chi connectivity index (χ1v) is 6.70. The highest BCUT2D eigenvalue weighted by molar-refractivity contribution is 9.10. The Morgan fingerprint density at radius 1 is 1.32 bits per heavy atom. The fourth-order valence-corrected chi connectivity index (χ4v) is 2.03. The molecule has 2 N–H and O–H groups in total. The maximum Gasteiger partial charge on any atom is 0.339 e. The maximum atomic E-state index is 11.4. The number of ether oxygens (including phenoxy) is 1. The second-order valence-corrected chi connectivity index (χ2v) is 4.80. The van der Waals surface area contributed by atoms with Gasteiger partial charge in [-0.15, -0.1) is 0 Å². The van der Waals surface area contributed by atoms with Gasteiger partial charge in [0.1, 0.15) is 0 Å². The summed E-state index contributed by atoms with van der Waals surface area (Å²) in [6.07, 6.45) is 0.829. The quantitative estimate of drug-likeness (QED) is 0.620. The van der Waals surface area contributed by atoms with Crippen molar-refractivity contribution in [2.24, 2.45) is 0 Å². The predicted octanol–water partition coefficient (Wildman–Crippen LogP) is 2.17. The molecule has 0 unspecified atom stereocenters. The fraction of sp³-hybridized carbons (Fsp3) is 0.385. The SMILES string of the molecule is COC(=O)c1ccc(NCCCNC(C)=O)cc1Br. The van der Waals surface area contributed by atoms with Crippen LogP contribution in [-0.4, -0.2) is 32.1 Å². The van der Waals surface area contributed by atoms with E-state index in [4.69, 9.17) is 0 Å². The lowest BCUT2D eigenvalue weighted by Crippen LogP contribution is -2.22. The van der Waals surface area contributed by atoms with Crippen LogP contribution in [0.3, 0.4) is 0 Å². The van der Waals surface area contributed by atoms with Gasteiger partial charge < -0.3 is 15.4 Å². The molecule has 0 aliphatic heterocycles. The van der Waals surface area contributed by atoms with E-state index < -0.39 is 0 Å². The molecular weight excluding hydrogens is 312 g/mol. The number of hydrogen-bond acceptors (Lipinski definition) is 4. The minimum Gasteiger partial charge on any atom is -0.465 e. The van der Waals surface area contributed by atoms with E-state index in [2.05, 4.69) is 31.3 Å². The van der Waals surface area contributed by atoms with Crippen LogP contribution in [0.5, 0.6) is 0 Å². The molecule has 19 heavy (non-hydrogen) atoms. The fourth-order valence-electron chi connectivity index (χ4n) is 1.49. The van der Waals surface area contributed by atoms with Crippen LogP contribution in [0.4, 0.5) is 5.69 Å². The van der Waals surface area contributed by atoms with Gasteiger partial charge in [0.25, 0.3) is 0 Å². The summed E-state index contributed by atoms with van der Waals surface area (Å²) < 4.78 is 5.35. The first-order valence-electron chi connectivity index (χ1n) is 5.90. The summed E-state index contributed by atoms with van der Waals surface area (Å²) in [7, 11) is 1.35. The van der Waals surface area contributed by atoms with Crippen LogP contribution in [-0.2, 0) is 9.53 Å². The summed E-state index contributed by atoms with van der Waals surface area (Å²) in [5.74, 6) is -0.394. The standard InChI is InChI=1S/C13H17BrN2O3/c1-9(17)15-6-3-7-16-10-4-5-11(12(14)8-10)13(18)19-2/h4-5,8,16H,3,6-7H2,1-2H3,(H,15,17). The molecule has 5 nitrogen and oxygen atoms in total. The Bertz CT molecular complexity index is 463. The van der Waals surface area contributed by atoms with Crippen molar-refractivity contribution in [3.05, 3.63) is 28.2 Å². The first kappa shape index (κ1) is 15.5. The molecule has 0 saturated heterocycles. The lowest BCUT2D eigenvalue weighted by atomic mass is 10.2. The summed E-state index contributed by atoms with van der Waals surface area (Å²) >= 11 is 3.33. The van der Waals surface area contributed by atoms with Crippen LogP contribution in [0.1, 0.15) is 23.7 Å². The van der Waals surface area contributed by atoms with Crippen LogP contribution in [0.2, 0.25) is 0 Å². The van der Waals surface area contributed by atoms with Crippen LogP contribution < -0.4 is 10.6 Å². The van der Waals surface area contributed by atoms with E-state index in [0.29, 0.717) is 16.6 Å². The molecule has 1 aromatic rings. The van der Waals surface area contributed by atoms with Gasteiger partial charge in [-0.25, -0.2) is 4.79 Å². The zero-order valence-electron chi connectivity index (χ0n) is 11.0. The summed E-state index contributed by atoms with van der Waals surface area (Å²) in [5, 5.41) is 5.94. The molecule has 6 heteroatoms. The van der Waals surface area contributed by atoms with E-state index in [-0.39, 0.29) is 11.9 Å². The third kappa shape index (κ3) is 5.30. The number of benzene rings is 1. The van der Waals surface area contributed by atoms with Crippen molar-refractivity contribution in [1.82, 2.24) is 5.32 Å². The highest BCUT2D eigenvalue weighted by atomic mass is 79.9. The third-order valence-electron chi connectivity index (χ3n) is 2.43. The van der Waals surface area contributed by atoms with E-state index in [1.165, 1.54) is 14.0 Å². The van der Waals surface area contributed by atoms with Crippen LogP contribution in [0, 0.1) is 0 Å². The number of anilines is 1. The second kappa shape index (κ2) is 7.78. The van der Waals surface area contributed by atoms with E-state index >= 15 is 0 Å². The third-order valence-corrected chi connectivity index (χ3v) is 3.09. The molecule has 0 aliphatic carbocycles. The van der Waals surface area contributed by atoms with Crippen molar-refractivity contribution in [2.45, 2.75) is 13.3 Å². The highest BCUT2D eigenvalue weighted by Crippen LogP contribution is 2.22. The molecule has 0 atom stereocenters. The van der Waals surface area contributed by atoms with Gasteiger partial charge in [0.2, 0.25) is 5.91 Å². The van der Waals surface area contributed by atoms with E-state index in [9.17, 15) is 9.59 Å². The van der Waals surface area contributed by atoms with Gasteiger partial charge in [-0.3, -0.25) is 4.79 Å². The Hall–Kier alpha value is -1.56. The number of carbonyl (C=O) groups is 2. The van der Waals surface area contributed by atoms with Gasteiger partial charge in [-0.2, -0.15) is 0 Å². The van der Waals surface area contributed by atoms with Crippen molar-refractivity contribution in [3.8, 4) is 0 Å². The summed E-state index contributed by atoms with van der Waals surface area (Å²) in [5.41, 5.74) is 1.40. The molecule has 0 fully saturated rings. The Kier molecular flexibility index (Phi) is 6.35. The van der Waals surface area contributed by atoms with Gasteiger partial charge in [0.15, 0.2) is 0 Å². The summed E-state index contributed by atoms with van der Waals surface area (Å²) in [6, 6.07) is 5.34. The second-order valence-electron chi connectivity index (χ2n) is 3.95. The van der Waals surface area contributed by atoms with Gasteiger partial charge in [0.05, 0.1) is 12.7 Å². The Morgan fingerprint density at radius 2 is 2.05 bits per heavy atom. The molecule has 1 amide bonds. The number of halogens is 1. The van der Waals surface area contributed by atoms with Gasteiger partial charge >= 0.3 is 5.97 Å². The molecule has 0 saturated carbocycles. The molecule has 0 spiro atoms. The largest absolute Gasteiger partial charge is 0.465 e. The van der Waals surface area contributed by atoms with Crippen molar-refractivity contribution in [2.75, 3.05) is 25.5 Å². The smallest absolute Gasteiger partial charge is 0.339 e. The molecule has 1 aromatic carbocycles. The maximum absolute atomic E-state index is 11.4. The molecular formula is C13H17BrN2O3. The number of esters is 1. The number of methoxy groups -OCH3 is 1. The van der Waals surface area contributed by atoms with E-state index in [1.54, 1.807) is 6.07 Å².